The zero-order valence-corrected chi connectivity index (χ0v) is 8.60. The van der Waals surface area contributed by atoms with E-state index in [-0.39, 0.29) is 5.54 Å². The first-order valence-electron chi connectivity index (χ1n) is 4.94. The lowest BCUT2D eigenvalue weighted by molar-refractivity contribution is 0.0650. The van der Waals surface area contributed by atoms with Crippen molar-refractivity contribution in [2.24, 2.45) is 5.92 Å². The van der Waals surface area contributed by atoms with Crippen molar-refractivity contribution in [3.8, 4) is 12.3 Å². The first-order chi connectivity index (χ1) is 6.14. The highest BCUT2D eigenvalue weighted by atomic mass is 16.5. The molecule has 1 heterocycles. The molecule has 1 aliphatic heterocycles. The lowest BCUT2D eigenvalue weighted by Gasteiger charge is -2.26. The van der Waals surface area contributed by atoms with Crippen LogP contribution in [0.1, 0.15) is 26.7 Å². The molecule has 0 radical (unpaired) electrons. The highest BCUT2D eigenvalue weighted by Crippen LogP contribution is 2.14. The van der Waals surface area contributed by atoms with E-state index in [0.29, 0.717) is 0 Å². The quantitative estimate of drug-likeness (QED) is 0.665. The molecule has 1 fully saturated rings. The van der Waals surface area contributed by atoms with Crippen molar-refractivity contribution in [2.75, 3.05) is 19.8 Å². The van der Waals surface area contributed by atoms with Crippen LogP contribution in [-0.4, -0.2) is 25.3 Å². The second kappa shape index (κ2) is 4.64. The Morgan fingerprint density at radius 3 is 2.62 bits per heavy atom. The average molecular weight is 181 g/mol. The van der Waals surface area contributed by atoms with Gasteiger partial charge in [-0.05, 0) is 39.2 Å². The van der Waals surface area contributed by atoms with Crippen LogP contribution in [0.5, 0.6) is 0 Å². The summed E-state index contributed by atoms with van der Waals surface area (Å²) in [6, 6.07) is 0. The molecule has 0 spiro atoms. The molecular formula is C11H19NO. The fraction of sp³-hybridized carbons (Fsp3) is 0.818. The predicted molar refractivity (Wildman–Crippen MR) is 54.5 cm³/mol. The zero-order chi connectivity index (χ0) is 9.73. The van der Waals surface area contributed by atoms with Gasteiger partial charge in [-0.25, -0.2) is 0 Å². The summed E-state index contributed by atoms with van der Waals surface area (Å²) >= 11 is 0. The maximum absolute atomic E-state index is 5.38. The van der Waals surface area contributed by atoms with Crippen LogP contribution in [0.25, 0.3) is 0 Å². The van der Waals surface area contributed by atoms with Crippen LogP contribution < -0.4 is 5.32 Å². The van der Waals surface area contributed by atoms with Gasteiger partial charge in [-0.3, -0.25) is 0 Å². The summed E-state index contributed by atoms with van der Waals surface area (Å²) < 4.78 is 5.29. The van der Waals surface area contributed by atoms with Crippen molar-refractivity contribution < 1.29 is 4.74 Å². The molecule has 0 saturated carbocycles. The van der Waals surface area contributed by atoms with Gasteiger partial charge in [0.1, 0.15) is 0 Å². The molecular weight excluding hydrogens is 162 g/mol. The van der Waals surface area contributed by atoms with Crippen LogP contribution in [0, 0.1) is 18.3 Å². The van der Waals surface area contributed by atoms with E-state index in [0.717, 1.165) is 38.5 Å². The lowest BCUT2D eigenvalue weighted by atomic mass is 9.98. The van der Waals surface area contributed by atoms with Gasteiger partial charge in [0.05, 0.1) is 5.54 Å². The van der Waals surface area contributed by atoms with Crippen molar-refractivity contribution in [1.29, 1.82) is 0 Å². The average Bonchev–Trinajstić information content (AvgIpc) is 2.17. The summed E-state index contributed by atoms with van der Waals surface area (Å²) in [6.07, 6.45) is 7.71. The van der Waals surface area contributed by atoms with Crippen molar-refractivity contribution in [2.45, 2.75) is 32.2 Å². The molecule has 2 nitrogen and oxygen atoms in total. The number of terminal acetylenes is 1. The monoisotopic (exact) mass is 181 g/mol. The molecule has 0 aromatic rings. The minimum atomic E-state index is -0.168. The van der Waals surface area contributed by atoms with Crippen LogP contribution >= 0.6 is 0 Å². The van der Waals surface area contributed by atoms with E-state index in [1.54, 1.807) is 0 Å². The Morgan fingerprint density at radius 1 is 1.46 bits per heavy atom. The number of hydrogen-bond acceptors (Lipinski definition) is 2. The summed E-state index contributed by atoms with van der Waals surface area (Å²) in [5, 5.41) is 3.39. The van der Waals surface area contributed by atoms with E-state index in [4.69, 9.17) is 11.2 Å². The molecule has 1 aliphatic rings. The molecule has 74 valence electrons. The Hall–Kier alpha value is -0.520. The lowest BCUT2D eigenvalue weighted by Crippen LogP contribution is -2.41. The fourth-order valence-corrected chi connectivity index (χ4v) is 1.40. The second-order valence-corrected chi connectivity index (χ2v) is 4.21. The van der Waals surface area contributed by atoms with Gasteiger partial charge in [-0.15, -0.1) is 6.42 Å². The van der Waals surface area contributed by atoms with E-state index in [1.165, 1.54) is 0 Å². The molecule has 13 heavy (non-hydrogen) atoms. The van der Waals surface area contributed by atoms with E-state index in [2.05, 4.69) is 11.2 Å². The largest absolute Gasteiger partial charge is 0.381 e. The first-order valence-corrected chi connectivity index (χ1v) is 4.94. The molecule has 1 N–H and O–H groups in total. The van der Waals surface area contributed by atoms with Crippen LogP contribution in [0.4, 0.5) is 0 Å². The molecule has 0 aromatic carbocycles. The van der Waals surface area contributed by atoms with E-state index in [9.17, 15) is 0 Å². The summed E-state index contributed by atoms with van der Waals surface area (Å²) in [4.78, 5) is 0. The number of ether oxygens (including phenoxy) is 1. The SMILES string of the molecule is C#CC(C)(C)NCC1CCOCC1. The van der Waals surface area contributed by atoms with Crippen LogP contribution in [0.15, 0.2) is 0 Å². The number of rotatable bonds is 3. The fourth-order valence-electron chi connectivity index (χ4n) is 1.40. The van der Waals surface area contributed by atoms with Crippen LogP contribution in [-0.2, 0) is 4.74 Å². The third-order valence-corrected chi connectivity index (χ3v) is 2.53. The molecule has 1 saturated heterocycles. The standard InChI is InChI=1S/C11H19NO/c1-4-11(2,3)12-9-10-5-7-13-8-6-10/h1,10,12H,5-9H2,2-3H3. The van der Waals surface area contributed by atoms with E-state index >= 15 is 0 Å². The van der Waals surface area contributed by atoms with Gasteiger partial charge < -0.3 is 10.1 Å². The molecule has 2 heteroatoms. The Bertz CT molecular complexity index is 187. The summed E-state index contributed by atoms with van der Waals surface area (Å²) in [7, 11) is 0. The van der Waals surface area contributed by atoms with Crippen molar-refractivity contribution in [1.82, 2.24) is 5.32 Å². The van der Waals surface area contributed by atoms with Gasteiger partial charge in [-0.2, -0.15) is 0 Å². The predicted octanol–water partition coefficient (Wildman–Crippen LogP) is 1.41. The smallest absolute Gasteiger partial charge is 0.0741 e. The molecule has 0 aliphatic carbocycles. The highest BCUT2D eigenvalue weighted by Gasteiger charge is 2.18. The minimum absolute atomic E-state index is 0.168. The summed E-state index contributed by atoms with van der Waals surface area (Å²) in [6.45, 7) is 6.89. The highest BCUT2D eigenvalue weighted by molar-refractivity contribution is 5.07. The van der Waals surface area contributed by atoms with Gasteiger partial charge in [0.25, 0.3) is 0 Å². The minimum Gasteiger partial charge on any atom is -0.381 e. The molecule has 1 rings (SSSR count). The molecule has 0 atom stereocenters. The van der Waals surface area contributed by atoms with Gasteiger partial charge in [0.15, 0.2) is 0 Å². The van der Waals surface area contributed by atoms with Crippen LogP contribution in [0.2, 0.25) is 0 Å². The van der Waals surface area contributed by atoms with Gasteiger partial charge in [0.2, 0.25) is 0 Å². The summed E-state index contributed by atoms with van der Waals surface area (Å²) in [5.41, 5.74) is -0.168. The van der Waals surface area contributed by atoms with Gasteiger partial charge in [-0.1, -0.05) is 5.92 Å². The normalized spacial score (nSPS) is 19.8. The Morgan fingerprint density at radius 2 is 2.08 bits per heavy atom. The van der Waals surface area contributed by atoms with Gasteiger partial charge >= 0.3 is 0 Å². The topological polar surface area (TPSA) is 21.3 Å². The Labute approximate surface area is 81.0 Å². The Balaban J connectivity index is 2.22. The molecule has 0 unspecified atom stereocenters. The second-order valence-electron chi connectivity index (χ2n) is 4.21. The summed E-state index contributed by atoms with van der Waals surface area (Å²) in [5.74, 6) is 3.48. The maximum Gasteiger partial charge on any atom is 0.0741 e. The van der Waals surface area contributed by atoms with E-state index < -0.39 is 0 Å². The van der Waals surface area contributed by atoms with E-state index in [1.807, 2.05) is 13.8 Å². The zero-order valence-electron chi connectivity index (χ0n) is 8.60. The molecule has 0 amide bonds. The third-order valence-electron chi connectivity index (χ3n) is 2.53. The molecule has 0 bridgehead atoms. The number of hydrogen-bond donors (Lipinski definition) is 1. The van der Waals surface area contributed by atoms with Crippen LogP contribution in [0.3, 0.4) is 0 Å². The Kier molecular flexibility index (Phi) is 3.77. The molecule has 0 aromatic heterocycles. The maximum atomic E-state index is 5.38. The first kappa shape index (κ1) is 10.6. The van der Waals surface area contributed by atoms with Gasteiger partial charge in [0, 0.05) is 13.2 Å². The number of nitrogens with one attached hydrogen (secondary N) is 1. The van der Waals surface area contributed by atoms with Crippen molar-refractivity contribution >= 4 is 0 Å². The van der Waals surface area contributed by atoms with Crippen molar-refractivity contribution in [3.05, 3.63) is 0 Å². The van der Waals surface area contributed by atoms with Crippen molar-refractivity contribution in [3.63, 3.8) is 0 Å². The third kappa shape index (κ3) is 3.80.